The van der Waals surface area contributed by atoms with Crippen LogP contribution in [0.1, 0.15) is 13.8 Å². The van der Waals surface area contributed by atoms with E-state index in [1.807, 2.05) is 32.0 Å². The van der Waals surface area contributed by atoms with Crippen molar-refractivity contribution in [3.8, 4) is 22.9 Å². The quantitative estimate of drug-likeness (QED) is 0.521. The van der Waals surface area contributed by atoms with Crippen LogP contribution in [-0.2, 0) is 0 Å². The Kier molecular flexibility index (Phi) is 4.99. The first kappa shape index (κ1) is 18.7. The summed E-state index contributed by atoms with van der Waals surface area (Å²) in [5, 5.41) is 15.9. The first-order valence-corrected chi connectivity index (χ1v) is 9.14. The van der Waals surface area contributed by atoms with Crippen molar-refractivity contribution >= 4 is 17.2 Å². The van der Waals surface area contributed by atoms with Gasteiger partial charge in [0.2, 0.25) is 0 Å². The Labute approximate surface area is 167 Å². The summed E-state index contributed by atoms with van der Waals surface area (Å²) in [7, 11) is 1.59. The molecule has 7 nitrogen and oxygen atoms in total. The number of aromatic nitrogens is 4. The van der Waals surface area contributed by atoms with Crippen molar-refractivity contribution in [2.45, 2.75) is 20.0 Å². The van der Waals surface area contributed by atoms with E-state index in [9.17, 15) is 4.39 Å². The number of fused-ring (bicyclic) bond motifs is 1. The van der Waals surface area contributed by atoms with Gasteiger partial charge in [0.05, 0.1) is 18.8 Å². The Bertz CT molecular complexity index is 1160. The molecule has 2 aromatic heterocycles. The van der Waals surface area contributed by atoms with Gasteiger partial charge in [0.25, 0.3) is 0 Å². The highest BCUT2D eigenvalue weighted by Gasteiger charge is 2.14. The molecule has 0 aliphatic carbocycles. The number of hydrogen-bond acceptors (Lipinski definition) is 6. The van der Waals surface area contributed by atoms with E-state index in [4.69, 9.17) is 9.47 Å². The predicted octanol–water partition coefficient (Wildman–Crippen LogP) is 4.47. The summed E-state index contributed by atoms with van der Waals surface area (Å²) in [6.45, 7) is 3.91. The first-order chi connectivity index (χ1) is 14.0. The van der Waals surface area contributed by atoms with Gasteiger partial charge in [-0.25, -0.2) is 4.39 Å². The van der Waals surface area contributed by atoms with Crippen molar-refractivity contribution in [3.63, 3.8) is 0 Å². The van der Waals surface area contributed by atoms with E-state index in [0.717, 1.165) is 5.69 Å². The Balaban J connectivity index is 1.67. The van der Waals surface area contributed by atoms with Gasteiger partial charge >= 0.3 is 0 Å². The molecule has 1 N–H and O–H groups in total. The van der Waals surface area contributed by atoms with Gasteiger partial charge < -0.3 is 14.8 Å². The Morgan fingerprint density at radius 3 is 2.59 bits per heavy atom. The minimum Gasteiger partial charge on any atom is -0.493 e. The van der Waals surface area contributed by atoms with Crippen LogP contribution in [0.3, 0.4) is 0 Å². The number of halogens is 1. The highest BCUT2D eigenvalue weighted by Crippen LogP contribution is 2.32. The molecule has 4 aromatic rings. The highest BCUT2D eigenvalue weighted by atomic mass is 19.1. The zero-order valence-corrected chi connectivity index (χ0v) is 16.3. The van der Waals surface area contributed by atoms with Crippen LogP contribution >= 0.6 is 0 Å². The van der Waals surface area contributed by atoms with Gasteiger partial charge in [-0.15, -0.1) is 15.3 Å². The average molecular weight is 393 g/mol. The number of ether oxygens (including phenoxy) is 2. The third kappa shape index (κ3) is 3.82. The van der Waals surface area contributed by atoms with Crippen LogP contribution in [0, 0.1) is 5.82 Å². The second kappa shape index (κ2) is 7.75. The average Bonchev–Trinajstić information content (AvgIpc) is 3.12. The van der Waals surface area contributed by atoms with Crippen molar-refractivity contribution in [2.75, 3.05) is 12.4 Å². The van der Waals surface area contributed by atoms with Crippen LogP contribution < -0.4 is 14.8 Å². The lowest BCUT2D eigenvalue weighted by atomic mass is 10.2. The fourth-order valence-corrected chi connectivity index (χ4v) is 2.91. The smallest absolute Gasteiger partial charge is 0.188 e. The lowest BCUT2D eigenvalue weighted by Crippen LogP contribution is -2.07. The Morgan fingerprint density at radius 2 is 1.83 bits per heavy atom. The monoisotopic (exact) mass is 393 g/mol. The maximum atomic E-state index is 14.2. The summed E-state index contributed by atoms with van der Waals surface area (Å²) in [6.07, 6.45) is 0.0392. The van der Waals surface area contributed by atoms with E-state index in [-0.39, 0.29) is 11.9 Å². The Hall–Kier alpha value is -3.68. The van der Waals surface area contributed by atoms with Gasteiger partial charge in [-0.3, -0.25) is 0 Å². The van der Waals surface area contributed by atoms with E-state index in [1.54, 1.807) is 37.4 Å². The molecule has 0 saturated heterocycles. The molecule has 0 radical (unpaired) electrons. The van der Waals surface area contributed by atoms with E-state index in [0.29, 0.717) is 34.4 Å². The molecule has 8 heteroatoms. The lowest BCUT2D eigenvalue weighted by molar-refractivity contribution is 0.230. The second-order valence-electron chi connectivity index (χ2n) is 6.65. The molecular formula is C21H20FN5O2. The van der Waals surface area contributed by atoms with Gasteiger partial charge in [0, 0.05) is 11.8 Å². The second-order valence-corrected chi connectivity index (χ2v) is 6.65. The molecule has 29 heavy (non-hydrogen) atoms. The third-order valence-electron chi connectivity index (χ3n) is 4.18. The zero-order valence-electron chi connectivity index (χ0n) is 16.3. The normalized spacial score (nSPS) is 11.1. The van der Waals surface area contributed by atoms with Gasteiger partial charge in [0.15, 0.2) is 28.8 Å². The standard InChI is InChI=1S/C21H20FN5O2/c1-13(2)29-17-9-8-14(12-18(17)28-3)23-19-10-11-20-24-25-21(27(20)26-19)15-6-4-5-7-16(15)22/h4-13H,1-3H3,(H,23,26). The first-order valence-electron chi connectivity index (χ1n) is 9.14. The van der Waals surface area contributed by atoms with E-state index < -0.39 is 0 Å². The highest BCUT2D eigenvalue weighted by molar-refractivity contribution is 5.64. The molecule has 2 heterocycles. The van der Waals surface area contributed by atoms with Gasteiger partial charge in [-0.1, -0.05) is 12.1 Å². The number of nitrogens with zero attached hydrogens (tertiary/aromatic N) is 4. The molecule has 0 aliphatic heterocycles. The molecule has 0 spiro atoms. The lowest BCUT2D eigenvalue weighted by Gasteiger charge is -2.15. The molecule has 0 fully saturated rings. The van der Waals surface area contributed by atoms with E-state index in [1.165, 1.54) is 10.6 Å². The summed E-state index contributed by atoms with van der Waals surface area (Å²) >= 11 is 0. The van der Waals surface area contributed by atoms with Crippen LogP contribution in [0.5, 0.6) is 11.5 Å². The van der Waals surface area contributed by atoms with Crippen LogP contribution in [0.4, 0.5) is 15.9 Å². The van der Waals surface area contributed by atoms with Crippen LogP contribution in [0.25, 0.3) is 17.0 Å². The summed E-state index contributed by atoms with van der Waals surface area (Å²) in [5.74, 6) is 1.78. The number of hydrogen-bond donors (Lipinski definition) is 1. The number of benzene rings is 2. The maximum Gasteiger partial charge on any atom is 0.188 e. The van der Waals surface area contributed by atoms with Crippen molar-refractivity contribution < 1.29 is 13.9 Å². The van der Waals surface area contributed by atoms with Crippen LogP contribution in [0.15, 0.2) is 54.6 Å². The fourth-order valence-electron chi connectivity index (χ4n) is 2.91. The number of rotatable bonds is 6. The molecule has 0 aliphatic rings. The van der Waals surface area contributed by atoms with Crippen molar-refractivity contribution in [3.05, 3.63) is 60.4 Å². The molecule has 0 bridgehead atoms. The van der Waals surface area contributed by atoms with E-state index >= 15 is 0 Å². The summed E-state index contributed by atoms with van der Waals surface area (Å²) in [5.41, 5.74) is 1.62. The summed E-state index contributed by atoms with van der Waals surface area (Å²) in [4.78, 5) is 0. The fraction of sp³-hybridized carbons (Fsp3) is 0.190. The van der Waals surface area contributed by atoms with Gasteiger partial charge in [-0.2, -0.15) is 4.52 Å². The Morgan fingerprint density at radius 1 is 1.00 bits per heavy atom. The maximum absolute atomic E-state index is 14.2. The molecule has 0 atom stereocenters. The SMILES string of the molecule is COc1cc(Nc2ccc3nnc(-c4ccccc4F)n3n2)ccc1OC(C)C. The third-order valence-corrected chi connectivity index (χ3v) is 4.18. The largest absolute Gasteiger partial charge is 0.493 e. The molecule has 2 aromatic carbocycles. The zero-order chi connectivity index (χ0) is 20.4. The number of nitrogens with one attached hydrogen (secondary N) is 1. The van der Waals surface area contributed by atoms with Crippen molar-refractivity contribution in [1.29, 1.82) is 0 Å². The topological polar surface area (TPSA) is 73.6 Å². The summed E-state index contributed by atoms with van der Waals surface area (Å²) in [6, 6.07) is 15.5. The van der Waals surface area contributed by atoms with Crippen LogP contribution in [-0.4, -0.2) is 33.0 Å². The minimum atomic E-state index is -0.382. The summed E-state index contributed by atoms with van der Waals surface area (Å²) < 4.78 is 26.9. The molecule has 4 rings (SSSR count). The van der Waals surface area contributed by atoms with Gasteiger partial charge in [0.1, 0.15) is 5.82 Å². The van der Waals surface area contributed by atoms with Crippen molar-refractivity contribution in [1.82, 2.24) is 19.8 Å². The minimum absolute atomic E-state index is 0.0392. The van der Waals surface area contributed by atoms with E-state index in [2.05, 4.69) is 20.6 Å². The predicted molar refractivity (Wildman–Crippen MR) is 108 cm³/mol. The molecule has 0 saturated carbocycles. The van der Waals surface area contributed by atoms with Gasteiger partial charge in [-0.05, 0) is 50.2 Å². The molecule has 0 amide bonds. The number of anilines is 2. The molecule has 0 unspecified atom stereocenters. The molecular weight excluding hydrogens is 373 g/mol. The number of methoxy groups -OCH3 is 1. The molecule has 148 valence electrons. The van der Waals surface area contributed by atoms with Crippen molar-refractivity contribution in [2.24, 2.45) is 0 Å². The van der Waals surface area contributed by atoms with Crippen LogP contribution in [0.2, 0.25) is 0 Å².